The summed E-state index contributed by atoms with van der Waals surface area (Å²) in [5.74, 6) is -0.177. The van der Waals surface area contributed by atoms with Crippen molar-refractivity contribution in [1.29, 1.82) is 0 Å². The van der Waals surface area contributed by atoms with Crippen molar-refractivity contribution in [3.05, 3.63) is 122 Å². The van der Waals surface area contributed by atoms with Gasteiger partial charge in [0.2, 0.25) is 5.91 Å². The van der Waals surface area contributed by atoms with Crippen molar-refractivity contribution >= 4 is 5.91 Å². The summed E-state index contributed by atoms with van der Waals surface area (Å²) in [7, 11) is 0. The quantitative estimate of drug-likeness (QED) is 0.0261. The first-order valence-corrected chi connectivity index (χ1v) is 40.8. The van der Waals surface area contributed by atoms with Crippen LogP contribution in [-0.4, -0.2) is 87.5 Å². The summed E-state index contributed by atoms with van der Waals surface area (Å²) in [4.78, 5) is 13.2. The number of unbranched alkanes of at least 4 members (excludes halogenated alkanes) is 43. The average Bonchev–Trinajstić information content (AvgIpc) is 0.840. The van der Waals surface area contributed by atoms with E-state index in [0.717, 1.165) is 96.3 Å². The fourth-order valence-electron chi connectivity index (χ4n) is 12.5. The van der Waals surface area contributed by atoms with Crippen LogP contribution in [0.25, 0.3) is 0 Å². The Morgan fingerprint density at radius 2 is 0.646 bits per heavy atom. The lowest BCUT2D eigenvalue weighted by atomic mass is 9.99. The van der Waals surface area contributed by atoms with E-state index < -0.39 is 49.5 Å². The number of aliphatic hydroxyl groups excluding tert-OH is 5. The van der Waals surface area contributed by atoms with E-state index in [0.29, 0.717) is 6.42 Å². The molecular formula is C87H153NO8. The molecule has 1 aliphatic heterocycles. The van der Waals surface area contributed by atoms with Gasteiger partial charge in [-0.3, -0.25) is 4.79 Å². The number of hydrogen-bond donors (Lipinski definition) is 6. The van der Waals surface area contributed by atoms with Crippen molar-refractivity contribution in [3.8, 4) is 0 Å². The third kappa shape index (κ3) is 61.7. The monoisotopic (exact) mass is 1340 g/mol. The SMILES string of the molecule is CC/C=C\C/C=C\C/C=C\C/C=C\C/C=C\C/C=C\C/C=C\C/C=C\C/C=C\CCCCCCCCCCCCCCCC(=O)NC(COC1OC(CO)C(O)C(O)C1O)C(O)/C=C/CCCCCCCCCCCCCCCCCCCCCCCCCCCCCCCC. The van der Waals surface area contributed by atoms with Gasteiger partial charge < -0.3 is 40.3 Å². The van der Waals surface area contributed by atoms with Crippen LogP contribution >= 0.6 is 0 Å². The summed E-state index contributed by atoms with van der Waals surface area (Å²) in [6.45, 7) is 3.70. The number of ether oxygens (including phenoxy) is 2. The van der Waals surface area contributed by atoms with E-state index >= 15 is 0 Å². The molecule has 0 aromatic carbocycles. The fraction of sp³-hybridized carbons (Fsp3) is 0.759. The second-order valence-electron chi connectivity index (χ2n) is 27.8. The lowest BCUT2D eigenvalue weighted by molar-refractivity contribution is -0.302. The molecule has 554 valence electrons. The number of carbonyl (C=O) groups is 1. The molecular weight excluding hydrogens is 1190 g/mol. The van der Waals surface area contributed by atoms with Crippen molar-refractivity contribution in [2.45, 2.75) is 410 Å². The highest BCUT2D eigenvalue weighted by Gasteiger charge is 2.44. The number of hydrogen-bond acceptors (Lipinski definition) is 8. The van der Waals surface area contributed by atoms with E-state index in [1.807, 2.05) is 6.08 Å². The second kappa shape index (κ2) is 74.3. The fourth-order valence-corrected chi connectivity index (χ4v) is 12.5. The number of aliphatic hydroxyl groups is 5. The minimum Gasteiger partial charge on any atom is -0.394 e. The molecule has 0 bridgehead atoms. The van der Waals surface area contributed by atoms with Gasteiger partial charge in [-0.05, 0) is 89.9 Å². The summed E-state index contributed by atoms with van der Waals surface area (Å²) in [6, 6.07) is -0.815. The Bertz CT molecular complexity index is 1950. The summed E-state index contributed by atoms with van der Waals surface area (Å²) in [6.07, 6.45) is 105. The summed E-state index contributed by atoms with van der Waals surface area (Å²) < 4.78 is 11.4. The molecule has 7 atom stereocenters. The summed E-state index contributed by atoms with van der Waals surface area (Å²) in [5, 5.41) is 55.0. The van der Waals surface area contributed by atoms with Gasteiger partial charge in [-0.15, -0.1) is 0 Å². The maximum Gasteiger partial charge on any atom is 0.220 e. The zero-order valence-corrected chi connectivity index (χ0v) is 62.4. The van der Waals surface area contributed by atoms with Gasteiger partial charge in [-0.25, -0.2) is 0 Å². The Kier molecular flexibility index (Phi) is 70.1. The lowest BCUT2D eigenvalue weighted by Gasteiger charge is -2.40. The zero-order valence-electron chi connectivity index (χ0n) is 62.4. The molecule has 0 aromatic heterocycles. The van der Waals surface area contributed by atoms with Gasteiger partial charge >= 0.3 is 0 Å². The predicted molar refractivity (Wildman–Crippen MR) is 414 cm³/mol. The normalized spacial score (nSPS) is 18.1. The number of amides is 1. The second-order valence-corrected chi connectivity index (χ2v) is 27.8. The van der Waals surface area contributed by atoms with E-state index in [2.05, 4.69) is 129 Å². The number of carbonyl (C=O) groups excluding carboxylic acids is 1. The molecule has 0 saturated carbocycles. The zero-order chi connectivity index (χ0) is 69.2. The highest BCUT2D eigenvalue weighted by Crippen LogP contribution is 2.24. The average molecular weight is 1340 g/mol. The topological polar surface area (TPSA) is 149 Å². The molecule has 7 unspecified atom stereocenters. The molecule has 1 aliphatic rings. The molecule has 1 heterocycles. The third-order valence-corrected chi connectivity index (χ3v) is 18.8. The van der Waals surface area contributed by atoms with E-state index in [4.69, 9.17) is 9.47 Å². The molecule has 1 saturated heterocycles. The molecule has 9 nitrogen and oxygen atoms in total. The maximum atomic E-state index is 13.2. The van der Waals surface area contributed by atoms with Crippen molar-refractivity contribution in [3.63, 3.8) is 0 Å². The van der Waals surface area contributed by atoms with Gasteiger partial charge in [0.05, 0.1) is 25.4 Å². The maximum absolute atomic E-state index is 13.2. The van der Waals surface area contributed by atoms with Crippen molar-refractivity contribution in [2.24, 2.45) is 0 Å². The van der Waals surface area contributed by atoms with Gasteiger partial charge in [-0.2, -0.15) is 0 Å². The van der Waals surface area contributed by atoms with Crippen LogP contribution < -0.4 is 5.32 Å². The molecule has 0 aliphatic carbocycles. The van der Waals surface area contributed by atoms with Crippen LogP contribution in [0.4, 0.5) is 0 Å². The van der Waals surface area contributed by atoms with Gasteiger partial charge in [0.25, 0.3) is 0 Å². The Morgan fingerprint density at radius 3 is 0.958 bits per heavy atom. The van der Waals surface area contributed by atoms with E-state index in [-0.39, 0.29) is 12.5 Å². The first-order valence-electron chi connectivity index (χ1n) is 40.8. The Hall–Kier alpha value is -3.41. The Balaban J connectivity index is 2.09. The first-order chi connectivity index (χ1) is 47.3. The van der Waals surface area contributed by atoms with Crippen LogP contribution in [-0.2, 0) is 14.3 Å². The van der Waals surface area contributed by atoms with Gasteiger partial charge in [0, 0.05) is 6.42 Å². The van der Waals surface area contributed by atoms with E-state index in [1.54, 1.807) is 6.08 Å². The number of allylic oxidation sites excluding steroid dienone is 19. The van der Waals surface area contributed by atoms with Crippen LogP contribution in [0.1, 0.15) is 367 Å². The van der Waals surface area contributed by atoms with Crippen LogP contribution in [0.15, 0.2) is 122 Å². The molecule has 0 aromatic rings. The molecule has 1 amide bonds. The molecule has 6 N–H and O–H groups in total. The number of rotatable bonds is 71. The number of nitrogens with one attached hydrogen (secondary N) is 1. The van der Waals surface area contributed by atoms with Crippen LogP contribution in [0.3, 0.4) is 0 Å². The van der Waals surface area contributed by atoms with E-state index in [9.17, 15) is 30.3 Å². The minimum absolute atomic E-state index is 0.177. The highest BCUT2D eigenvalue weighted by molar-refractivity contribution is 5.76. The minimum atomic E-state index is -1.57. The van der Waals surface area contributed by atoms with Gasteiger partial charge in [0.1, 0.15) is 24.4 Å². The lowest BCUT2D eigenvalue weighted by Crippen LogP contribution is -2.60. The molecule has 0 radical (unpaired) electrons. The molecule has 96 heavy (non-hydrogen) atoms. The van der Waals surface area contributed by atoms with Gasteiger partial charge in [0.15, 0.2) is 6.29 Å². The largest absolute Gasteiger partial charge is 0.394 e. The van der Waals surface area contributed by atoms with Crippen LogP contribution in [0.2, 0.25) is 0 Å². The van der Waals surface area contributed by atoms with E-state index in [1.165, 1.54) is 250 Å². The Labute approximate surface area is 592 Å². The highest BCUT2D eigenvalue weighted by atomic mass is 16.7. The van der Waals surface area contributed by atoms with Gasteiger partial charge in [-0.1, -0.05) is 392 Å². The first kappa shape index (κ1) is 90.6. The van der Waals surface area contributed by atoms with Crippen LogP contribution in [0.5, 0.6) is 0 Å². The third-order valence-electron chi connectivity index (χ3n) is 18.8. The van der Waals surface area contributed by atoms with Crippen molar-refractivity contribution in [2.75, 3.05) is 13.2 Å². The van der Waals surface area contributed by atoms with Crippen molar-refractivity contribution in [1.82, 2.24) is 5.32 Å². The molecule has 9 heteroatoms. The smallest absolute Gasteiger partial charge is 0.220 e. The van der Waals surface area contributed by atoms with Crippen molar-refractivity contribution < 1.29 is 39.8 Å². The standard InChI is InChI=1S/C87H153NO8/c1-3-5-7-9-11-13-15-17-19-21-23-25-27-29-31-33-35-37-38-39-40-41-42-43-44-45-47-49-51-53-55-57-59-61-63-65-67-69-71-73-75-77-83(91)88-80(79-95-87-86(94)85(93)84(92)82(78-89)96-87)81(90)76-74-72-70-68-66-64-62-60-58-56-54-52-50-48-46-36-34-32-30-28-26-24-22-20-18-16-14-12-10-8-6-4-2/h5,7,11,13,17,19,23,25,29,31,35,37,39-40,42-43,45,47,74,76,80-82,84-87,89-90,92-94H,3-4,6,8-10,12,14-16,18,20-22,24,26-28,30,32-34,36,38,41,44,46,48-73,75,77-79H2,1-2H3,(H,88,91)/b7-5-,13-11-,19-17-,25-23-,31-29-,37-35-,40-39-,43-42-,47-45-,76-74+. The molecule has 1 rings (SSSR count). The summed E-state index contributed by atoms with van der Waals surface area (Å²) in [5.41, 5.74) is 0. The Morgan fingerprint density at radius 1 is 0.365 bits per heavy atom. The molecule has 1 fully saturated rings. The summed E-state index contributed by atoms with van der Waals surface area (Å²) >= 11 is 0. The molecule has 0 spiro atoms. The predicted octanol–water partition coefficient (Wildman–Crippen LogP) is 23.7. The van der Waals surface area contributed by atoms with Crippen LogP contribution in [0, 0.1) is 0 Å².